The lowest BCUT2D eigenvalue weighted by Crippen LogP contribution is -2.30. The number of ether oxygens (including phenoxy) is 2. The highest BCUT2D eigenvalue weighted by atomic mass is 16.5. The van der Waals surface area contributed by atoms with E-state index in [0.717, 1.165) is 0 Å². The Labute approximate surface area is 147 Å². The van der Waals surface area contributed by atoms with Crippen LogP contribution in [0.25, 0.3) is 0 Å². The molecule has 0 fully saturated rings. The molecule has 0 saturated heterocycles. The van der Waals surface area contributed by atoms with Crippen molar-refractivity contribution in [1.29, 1.82) is 0 Å². The summed E-state index contributed by atoms with van der Waals surface area (Å²) >= 11 is 0. The van der Waals surface area contributed by atoms with Crippen molar-refractivity contribution in [3.8, 4) is 0 Å². The minimum Gasteiger partial charge on any atom is -0.396 e. The predicted octanol–water partition coefficient (Wildman–Crippen LogP) is 4.38. The van der Waals surface area contributed by atoms with Crippen LogP contribution in [0.1, 0.15) is 32.8 Å². The summed E-state index contributed by atoms with van der Waals surface area (Å²) in [6.45, 7) is 7.91. The molecule has 0 aliphatic heterocycles. The van der Waals surface area contributed by atoms with E-state index >= 15 is 0 Å². The van der Waals surface area contributed by atoms with Crippen LogP contribution in [0, 0.1) is 11.8 Å². The summed E-state index contributed by atoms with van der Waals surface area (Å²) in [4.78, 5) is 0. The Kier molecular flexibility index (Phi) is 10.3. The summed E-state index contributed by atoms with van der Waals surface area (Å²) in [5.41, 5.74) is 2.38. The number of hydrogen-bond acceptors (Lipinski definition) is 3. The number of allylic oxidation sites excluding steroid dienone is 2. The minimum absolute atomic E-state index is 0.113. The molecule has 134 valence electrons. The summed E-state index contributed by atoms with van der Waals surface area (Å²) < 4.78 is 11.6. The Hall–Kier alpha value is -1.42. The number of hydrogen-bond donors (Lipinski definition) is 1. The first-order valence-corrected chi connectivity index (χ1v) is 8.68. The van der Waals surface area contributed by atoms with Gasteiger partial charge in [0.2, 0.25) is 0 Å². The van der Waals surface area contributed by atoms with E-state index in [2.05, 4.69) is 45.1 Å². The van der Waals surface area contributed by atoms with Gasteiger partial charge in [-0.1, -0.05) is 68.0 Å². The summed E-state index contributed by atoms with van der Waals surface area (Å²) in [5.74, 6) is 0.600. The van der Waals surface area contributed by atoms with Crippen LogP contribution in [0.3, 0.4) is 0 Å². The number of methoxy groups -OCH3 is 1. The molecule has 0 bridgehead atoms. The highest BCUT2D eigenvalue weighted by Crippen LogP contribution is 2.20. The molecule has 1 rings (SSSR count). The predicted molar refractivity (Wildman–Crippen MR) is 99.8 cm³/mol. The molecule has 1 N–H and O–H groups in total. The van der Waals surface area contributed by atoms with E-state index in [1.54, 1.807) is 7.11 Å². The topological polar surface area (TPSA) is 38.7 Å². The molecule has 0 aromatic heterocycles. The molecule has 24 heavy (non-hydrogen) atoms. The molecule has 0 aliphatic carbocycles. The van der Waals surface area contributed by atoms with Crippen molar-refractivity contribution in [2.75, 3.05) is 20.3 Å². The molecule has 0 spiro atoms. The van der Waals surface area contributed by atoms with Crippen molar-refractivity contribution in [2.45, 2.75) is 39.9 Å². The minimum atomic E-state index is 0.113. The monoisotopic (exact) mass is 332 g/mol. The summed E-state index contributed by atoms with van der Waals surface area (Å²) in [5, 5.41) is 8.82. The van der Waals surface area contributed by atoms with E-state index in [-0.39, 0.29) is 12.7 Å². The normalized spacial score (nSPS) is 16.3. The standard InChI is InChI=1S/C21H32O3/c1-17(10-8-9-13-22)14-18(2)21(23-4)19(3)15-24-16-20-11-6-5-7-12-20/h5-8,10-12,14,18-19,21-22H,9,13,15-16H2,1-4H3/b10-8+,17-14+/t18-,19-,21+/m0/s1. The molecule has 0 unspecified atom stereocenters. The Bertz CT molecular complexity index is 493. The number of aliphatic hydroxyl groups excluding tert-OH is 1. The highest BCUT2D eigenvalue weighted by molar-refractivity contribution is 5.17. The molecule has 1 aromatic rings. The quantitative estimate of drug-likeness (QED) is 0.611. The Morgan fingerprint density at radius 1 is 1.21 bits per heavy atom. The van der Waals surface area contributed by atoms with Crippen LogP contribution in [0.15, 0.2) is 54.1 Å². The zero-order chi connectivity index (χ0) is 17.8. The van der Waals surface area contributed by atoms with E-state index in [4.69, 9.17) is 14.6 Å². The second kappa shape index (κ2) is 12.0. The molecular formula is C21H32O3. The van der Waals surface area contributed by atoms with Gasteiger partial charge in [0, 0.05) is 25.6 Å². The largest absolute Gasteiger partial charge is 0.396 e. The molecule has 0 aliphatic rings. The van der Waals surface area contributed by atoms with Crippen LogP contribution in [0.2, 0.25) is 0 Å². The van der Waals surface area contributed by atoms with Crippen molar-refractivity contribution in [1.82, 2.24) is 0 Å². The Balaban J connectivity index is 2.49. The fraction of sp³-hybridized carbons (Fsp3) is 0.524. The zero-order valence-corrected chi connectivity index (χ0v) is 15.4. The van der Waals surface area contributed by atoms with Gasteiger partial charge < -0.3 is 14.6 Å². The SMILES string of the molecule is CO[C@H]([C@@H](C)/C=C(C)/C=C/CCO)[C@@H](C)COCc1ccccc1. The second-order valence-corrected chi connectivity index (χ2v) is 6.36. The van der Waals surface area contributed by atoms with Gasteiger partial charge in [-0.2, -0.15) is 0 Å². The number of aliphatic hydroxyl groups is 1. The lowest BCUT2D eigenvalue weighted by Gasteiger charge is -2.27. The zero-order valence-electron chi connectivity index (χ0n) is 15.4. The van der Waals surface area contributed by atoms with E-state index in [9.17, 15) is 0 Å². The van der Waals surface area contributed by atoms with Gasteiger partial charge in [-0.3, -0.25) is 0 Å². The molecule has 3 atom stereocenters. The van der Waals surface area contributed by atoms with Gasteiger partial charge in [-0.15, -0.1) is 0 Å². The third kappa shape index (κ3) is 7.91. The first-order chi connectivity index (χ1) is 11.6. The first kappa shape index (κ1) is 20.6. The first-order valence-electron chi connectivity index (χ1n) is 8.68. The number of rotatable bonds is 11. The fourth-order valence-corrected chi connectivity index (χ4v) is 2.91. The molecule has 3 nitrogen and oxygen atoms in total. The van der Waals surface area contributed by atoms with E-state index < -0.39 is 0 Å². The summed E-state index contributed by atoms with van der Waals surface area (Å²) in [6.07, 6.45) is 7.07. The average Bonchev–Trinajstić information content (AvgIpc) is 2.56. The maximum atomic E-state index is 8.82. The lowest BCUT2D eigenvalue weighted by atomic mass is 9.92. The van der Waals surface area contributed by atoms with E-state index in [0.29, 0.717) is 31.5 Å². The van der Waals surface area contributed by atoms with Crippen LogP contribution >= 0.6 is 0 Å². The molecule has 1 aromatic carbocycles. The molecule has 0 heterocycles. The van der Waals surface area contributed by atoms with Gasteiger partial charge in [0.25, 0.3) is 0 Å². The second-order valence-electron chi connectivity index (χ2n) is 6.36. The van der Waals surface area contributed by atoms with Crippen LogP contribution < -0.4 is 0 Å². The molecule has 3 heteroatoms. The van der Waals surface area contributed by atoms with E-state index in [1.807, 2.05) is 24.3 Å². The summed E-state index contributed by atoms with van der Waals surface area (Å²) in [7, 11) is 1.76. The molecule has 0 saturated carbocycles. The van der Waals surface area contributed by atoms with Crippen molar-refractivity contribution < 1.29 is 14.6 Å². The maximum absolute atomic E-state index is 8.82. The van der Waals surface area contributed by atoms with Gasteiger partial charge in [-0.05, 0) is 18.9 Å². The smallest absolute Gasteiger partial charge is 0.0717 e. The van der Waals surface area contributed by atoms with Crippen LogP contribution in [0.5, 0.6) is 0 Å². The van der Waals surface area contributed by atoms with Crippen LogP contribution in [0.4, 0.5) is 0 Å². The van der Waals surface area contributed by atoms with Crippen molar-refractivity contribution in [2.24, 2.45) is 11.8 Å². The van der Waals surface area contributed by atoms with Gasteiger partial charge >= 0.3 is 0 Å². The van der Waals surface area contributed by atoms with E-state index in [1.165, 1.54) is 11.1 Å². The Morgan fingerprint density at radius 3 is 2.54 bits per heavy atom. The third-order valence-electron chi connectivity index (χ3n) is 4.05. The molecular weight excluding hydrogens is 300 g/mol. The van der Waals surface area contributed by atoms with Gasteiger partial charge in [0.1, 0.15) is 0 Å². The van der Waals surface area contributed by atoms with Crippen molar-refractivity contribution in [3.05, 3.63) is 59.7 Å². The van der Waals surface area contributed by atoms with Gasteiger partial charge in [0.05, 0.1) is 19.3 Å². The van der Waals surface area contributed by atoms with Crippen LogP contribution in [-0.2, 0) is 16.1 Å². The van der Waals surface area contributed by atoms with Gasteiger partial charge in [-0.25, -0.2) is 0 Å². The number of benzene rings is 1. The fourth-order valence-electron chi connectivity index (χ4n) is 2.91. The Morgan fingerprint density at radius 2 is 1.92 bits per heavy atom. The molecule has 0 radical (unpaired) electrons. The third-order valence-corrected chi connectivity index (χ3v) is 4.05. The molecule has 0 amide bonds. The highest BCUT2D eigenvalue weighted by Gasteiger charge is 2.22. The lowest BCUT2D eigenvalue weighted by molar-refractivity contribution is -0.0133. The average molecular weight is 332 g/mol. The van der Waals surface area contributed by atoms with Crippen molar-refractivity contribution >= 4 is 0 Å². The van der Waals surface area contributed by atoms with Crippen molar-refractivity contribution in [3.63, 3.8) is 0 Å². The van der Waals surface area contributed by atoms with Gasteiger partial charge in [0.15, 0.2) is 0 Å². The summed E-state index contributed by atoms with van der Waals surface area (Å²) in [6, 6.07) is 10.2. The maximum Gasteiger partial charge on any atom is 0.0717 e. The van der Waals surface area contributed by atoms with Crippen LogP contribution in [-0.4, -0.2) is 31.5 Å².